The van der Waals surface area contributed by atoms with Crippen LogP contribution in [0.1, 0.15) is 6.92 Å². The molecule has 31 heavy (non-hydrogen) atoms. The third-order valence-corrected chi connectivity index (χ3v) is 4.19. The minimum atomic E-state index is -4.74. The normalized spacial score (nSPS) is 11.4. The standard InChI is InChI=1S/C21H16F3N5O2/c1-13(30)25-17-4-2-3-14(11-17)15-5-10-19-27-20(28-29(19)12-15)26-16-6-8-18(9-7-16)31-21(22,23)24/h2-12H,1H3,(H,25,30)(H,26,28). The van der Waals surface area contributed by atoms with Gasteiger partial charge < -0.3 is 15.4 Å². The third kappa shape index (κ3) is 5.10. The summed E-state index contributed by atoms with van der Waals surface area (Å²) in [6.07, 6.45) is -2.95. The molecule has 2 heterocycles. The van der Waals surface area contributed by atoms with Crippen LogP contribution in [-0.4, -0.2) is 26.9 Å². The Kier molecular flexibility index (Phi) is 5.20. The van der Waals surface area contributed by atoms with Crippen LogP contribution in [0.25, 0.3) is 16.8 Å². The fourth-order valence-corrected chi connectivity index (χ4v) is 2.96. The molecule has 0 saturated carbocycles. The lowest BCUT2D eigenvalue weighted by molar-refractivity contribution is -0.274. The molecule has 0 bridgehead atoms. The van der Waals surface area contributed by atoms with E-state index < -0.39 is 6.36 Å². The van der Waals surface area contributed by atoms with Crippen LogP contribution >= 0.6 is 0 Å². The summed E-state index contributed by atoms with van der Waals surface area (Å²) in [5.74, 6) is -0.182. The van der Waals surface area contributed by atoms with E-state index in [9.17, 15) is 18.0 Å². The molecule has 10 heteroatoms. The van der Waals surface area contributed by atoms with Crippen LogP contribution in [0.15, 0.2) is 66.9 Å². The number of alkyl halides is 3. The zero-order valence-corrected chi connectivity index (χ0v) is 16.1. The number of aromatic nitrogens is 3. The van der Waals surface area contributed by atoms with Gasteiger partial charge in [0.15, 0.2) is 5.65 Å². The number of halogens is 3. The number of carbonyl (C=O) groups excluding carboxylic acids is 1. The molecule has 0 spiro atoms. The lowest BCUT2D eigenvalue weighted by Gasteiger charge is -2.09. The van der Waals surface area contributed by atoms with Crippen molar-refractivity contribution in [2.75, 3.05) is 10.6 Å². The molecule has 2 aromatic carbocycles. The van der Waals surface area contributed by atoms with E-state index in [0.29, 0.717) is 17.0 Å². The molecule has 2 N–H and O–H groups in total. The molecule has 1 amide bonds. The van der Waals surface area contributed by atoms with Crippen LogP contribution < -0.4 is 15.4 Å². The highest BCUT2D eigenvalue weighted by molar-refractivity contribution is 5.89. The molecular weight excluding hydrogens is 411 g/mol. The summed E-state index contributed by atoms with van der Waals surface area (Å²) in [6.45, 7) is 1.44. The SMILES string of the molecule is CC(=O)Nc1cccc(-c2ccc3nc(Nc4ccc(OC(F)(F)F)cc4)nn3c2)c1. The summed E-state index contributed by atoms with van der Waals surface area (Å²) in [5.41, 5.74) is 3.53. The van der Waals surface area contributed by atoms with E-state index in [1.165, 1.54) is 31.2 Å². The highest BCUT2D eigenvalue weighted by Crippen LogP contribution is 2.26. The molecule has 0 unspecified atom stereocenters. The molecule has 4 rings (SSSR count). The Balaban J connectivity index is 1.53. The number of nitrogens with zero attached hydrogens (tertiary/aromatic N) is 3. The van der Waals surface area contributed by atoms with Gasteiger partial charge in [-0.05, 0) is 54.1 Å². The van der Waals surface area contributed by atoms with Gasteiger partial charge in [-0.1, -0.05) is 12.1 Å². The maximum Gasteiger partial charge on any atom is 0.573 e. The monoisotopic (exact) mass is 427 g/mol. The van der Waals surface area contributed by atoms with Crippen LogP contribution in [0.2, 0.25) is 0 Å². The van der Waals surface area contributed by atoms with E-state index in [1.807, 2.05) is 24.3 Å². The highest BCUT2D eigenvalue weighted by Gasteiger charge is 2.30. The van der Waals surface area contributed by atoms with Crippen LogP contribution in [0.3, 0.4) is 0 Å². The third-order valence-electron chi connectivity index (χ3n) is 4.19. The van der Waals surface area contributed by atoms with E-state index in [0.717, 1.165) is 11.1 Å². The first-order chi connectivity index (χ1) is 14.7. The molecule has 4 aromatic rings. The minimum absolute atomic E-state index is 0.155. The van der Waals surface area contributed by atoms with Crippen LogP contribution in [0.5, 0.6) is 5.75 Å². The number of rotatable bonds is 5. The zero-order chi connectivity index (χ0) is 22.0. The van der Waals surface area contributed by atoms with Gasteiger partial charge in [0.1, 0.15) is 5.75 Å². The van der Waals surface area contributed by atoms with Gasteiger partial charge >= 0.3 is 6.36 Å². The van der Waals surface area contributed by atoms with E-state index in [4.69, 9.17) is 0 Å². The number of hydrogen-bond donors (Lipinski definition) is 2. The molecule has 0 atom stereocenters. The first-order valence-electron chi connectivity index (χ1n) is 9.12. The summed E-state index contributed by atoms with van der Waals surface area (Å²) >= 11 is 0. The van der Waals surface area contributed by atoms with Crippen molar-refractivity contribution in [1.82, 2.24) is 14.6 Å². The Bertz CT molecular complexity index is 1240. The van der Waals surface area contributed by atoms with Crippen LogP contribution in [0.4, 0.5) is 30.5 Å². The number of pyridine rings is 1. The topological polar surface area (TPSA) is 80.5 Å². The Morgan fingerprint density at radius 3 is 2.48 bits per heavy atom. The average molecular weight is 427 g/mol. The molecular formula is C21H16F3N5O2. The van der Waals surface area contributed by atoms with Crippen molar-refractivity contribution in [1.29, 1.82) is 0 Å². The molecule has 2 aromatic heterocycles. The molecule has 0 fully saturated rings. The molecule has 7 nitrogen and oxygen atoms in total. The summed E-state index contributed by atoms with van der Waals surface area (Å²) in [5, 5.41) is 10.1. The van der Waals surface area contributed by atoms with Crippen molar-refractivity contribution in [2.45, 2.75) is 13.3 Å². The van der Waals surface area contributed by atoms with E-state index in [-0.39, 0.29) is 17.6 Å². The number of carbonyl (C=O) groups is 1. The number of hydrogen-bond acceptors (Lipinski definition) is 5. The second-order valence-electron chi connectivity index (χ2n) is 6.62. The van der Waals surface area contributed by atoms with E-state index >= 15 is 0 Å². The van der Waals surface area contributed by atoms with Crippen molar-refractivity contribution in [3.8, 4) is 16.9 Å². The molecule has 0 aliphatic heterocycles. The number of ether oxygens (including phenoxy) is 1. The zero-order valence-electron chi connectivity index (χ0n) is 16.1. The fourth-order valence-electron chi connectivity index (χ4n) is 2.96. The largest absolute Gasteiger partial charge is 0.573 e. The minimum Gasteiger partial charge on any atom is -0.406 e. The summed E-state index contributed by atoms with van der Waals surface area (Å²) in [4.78, 5) is 15.6. The lowest BCUT2D eigenvalue weighted by atomic mass is 10.1. The Morgan fingerprint density at radius 2 is 1.77 bits per heavy atom. The summed E-state index contributed by atoms with van der Waals surface area (Å²) < 4.78 is 42.2. The van der Waals surface area contributed by atoms with Gasteiger partial charge in [0.05, 0.1) is 0 Å². The smallest absolute Gasteiger partial charge is 0.406 e. The van der Waals surface area contributed by atoms with Gasteiger partial charge in [-0.25, -0.2) is 4.52 Å². The highest BCUT2D eigenvalue weighted by atomic mass is 19.4. The second-order valence-corrected chi connectivity index (χ2v) is 6.62. The average Bonchev–Trinajstić information content (AvgIpc) is 3.09. The van der Waals surface area contributed by atoms with Gasteiger partial charge in [0.25, 0.3) is 0 Å². The Labute approximate surface area is 174 Å². The number of amides is 1. The van der Waals surface area contributed by atoms with Gasteiger partial charge in [0.2, 0.25) is 11.9 Å². The number of benzene rings is 2. The van der Waals surface area contributed by atoms with Gasteiger partial charge in [0, 0.05) is 30.1 Å². The fraction of sp³-hybridized carbons (Fsp3) is 0.0952. The summed E-state index contributed by atoms with van der Waals surface area (Å²) in [7, 11) is 0. The number of anilines is 3. The quantitative estimate of drug-likeness (QED) is 0.469. The molecule has 0 aliphatic rings. The molecule has 0 radical (unpaired) electrons. The van der Waals surface area contributed by atoms with Gasteiger partial charge in [-0.2, -0.15) is 4.98 Å². The van der Waals surface area contributed by atoms with E-state index in [2.05, 4.69) is 25.5 Å². The number of fused-ring (bicyclic) bond motifs is 1. The number of nitrogens with one attached hydrogen (secondary N) is 2. The Morgan fingerprint density at radius 1 is 1.00 bits per heavy atom. The Hall–Kier alpha value is -4.08. The van der Waals surface area contributed by atoms with Crippen molar-refractivity contribution in [3.05, 3.63) is 66.9 Å². The first-order valence-corrected chi connectivity index (χ1v) is 9.12. The van der Waals surface area contributed by atoms with E-state index in [1.54, 1.807) is 22.8 Å². The van der Waals surface area contributed by atoms with Crippen LogP contribution in [0, 0.1) is 0 Å². The maximum atomic E-state index is 12.3. The molecule has 0 saturated heterocycles. The van der Waals surface area contributed by atoms with Crippen molar-refractivity contribution in [3.63, 3.8) is 0 Å². The van der Waals surface area contributed by atoms with Crippen molar-refractivity contribution < 1.29 is 22.7 Å². The predicted molar refractivity (Wildman–Crippen MR) is 109 cm³/mol. The second kappa shape index (κ2) is 7.98. The lowest BCUT2D eigenvalue weighted by Crippen LogP contribution is -2.16. The van der Waals surface area contributed by atoms with Crippen molar-refractivity contribution >= 4 is 28.9 Å². The predicted octanol–water partition coefficient (Wildman–Crippen LogP) is 5.00. The van der Waals surface area contributed by atoms with Crippen molar-refractivity contribution in [2.24, 2.45) is 0 Å². The van der Waals surface area contributed by atoms with Crippen LogP contribution in [-0.2, 0) is 4.79 Å². The van der Waals surface area contributed by atoms with Gasteiger partial charge in [-0.3, -0.25) is 4.79 Å². The molecule has 0 aliphatic carbocycles. The maximum absolute atomic E-state index is 12.3. The molecule has 158 valence electrons. The van der Waals surface area contributed by atoms with Gasteiger partial charge in [-0.15, -0.1) is 18.3 Å². The summed E-state index contributed by atoms with van der Waals surface area (Å²) in [6, 6.07) is 16.3. The first kappa shape index (κ1) is 20.2.